The lowest BCUT2D eigenvalue weighted by molar-refractivity contribution is -0.118. The highest BCUT2D eigenvalue weighted by Crippen LogP contribution is 2.26. The minimum Gasteiger partial charge on any atom is -0.484 e. The summed E-state index contributed by atoms with van der Waals surface area (Å²) in [4.78, 5) is 37.5. The standard InChI is InChI=1S/C27H24BrClN2O4/c28-24-12-9-20(29)14-23(24)26(33)18-7-10-22(11-8-18)35-16-25(32)31-21-6-2-5-19(13-21)27(34)30-15-17-3-1-4-17/h2,5-14,17H,1,3-4,15-16H2,(H,30,34)(H,31,32). The molecule has 0 saturated heterocycles. The van der Waals surface area contributed by atoms with Crippen LogP contribution in [0.1, 0.15) is 45.5 Å². The van der Waals surface area contributed by atoms with Crippen LogP contribution in [0.3, 0.4) is 0 Å². The number of halogens is 2. The topological polar surface area (TPSA) is 84.5 Å². The molecule has 0 aromatic heterocycles. The van der Waals surface area contributed by atoms with E-state index in [2.05, 4.69) is 26.6 Å². The van der Waals surface area contributed by atoms with Gasteiger partial charge >= 0.3 is 0 Å². The number of hydrogen-bond acceptors (Lipinski definition) is 4. The molecule has 3 aromatic rings. The molecular weight excluding hydrogens is 532 g/mol. The van der Waals surface area contributed by atoms with E-state index >= 15 is 0 Å². The molecule has 0 atom stereocenters. The van der Waals surface area contributed by atoms with Gasteiger partial charge in [-0.15, -0.1) is 0 Å². The summed E-state index contributed by atoms with van der Waals surface area (Å²) in [5, 5.41) is 6.16. The maximum Gasteiger partial charge on any atom is 0.262 e. The first-order chi connectivity index (χ1) is 16.9. The zero-order valence-electron chi connectivity index (χ0n) is 18.9. The monoisotopic (exact) mass is 554 g/mol. The average Bonchev–Trinajstić information content (AvgIpc) is 2.83. The van der Waals surface area contributed by atoms with Crippen molar-refractivity contribution < 1.29 is 19.1 Å². The molecule has 6 nitrogen and oxygen atoms in total. The first-order valence-corrected chi connectivity index (χ1v) is 12.5. The zero-order chi connectivity index (χ0) is 24.8. The van der Waals surface area contributed by atoms with E-state index < -0.39 is 0 Å². The van der Waals surface area contributed by atoms with Crippen molar-refractivity contribution in [3.63, 3.8) is 0 Å². The zero-order valence-corrected chi connectivity index (χ0v) is 21.2. The molecule has 2 N–H and O–H groups in total. The van der Waals surface area contributed by atoms with Crippen LogP contribution in [-0.4, -0.2) is 30.7 Å². The molecular formula is C27H24BrClN2O4. The van der Waals surface area contributed by atoms with Crippen LogP contribution in [0.25, 0.3) is 0 Å². The molecule has 3 aromatic carbocycles. The lowest BCUT2D eigenvalue weighted by Crippen LogP contribution is -2.32. The van der Waals surface area contributed by atoms with E-state index in [1.807, 2.05) is 0 Å². The third kappa shape index (κ3) is 6.71. The van der Waals surface area contributed by atoms with Gasteiger partial charge in [-0.3, -0.25) is 14.4 Å². The summed E-state index contributed by atoms with van der Waals surface area (Å²) in [5.74, 6) is 0.333. The Kier molecular flexibility index (Phi) is 8.21. The van der Waals surface area contributed by atoms with Crippen molar-refractivity contribution in [1.82, 2.24) is 5.32 Å². The van der Waals surface area contributed by atoms with Crippen molar-refractivity contribution >= 4 is 50.8 Å². The minimum atomic E-state index is -0.361. The number of ketones is 1. The predicted molar refractivity (Wildman–Crippen MR) is 139 cm³/mol. The molecule has 4 rings (SSSR count). The van der Waals surface area contributed by atoms with Gasteiger partial charge in [-0.2, -0.15) is 0 Å². The first-order valence-electron chi connectivity index (χ1n) is 11.3. The fraction of sp³-hybridized carbons (Fsp3) is 0.222. The molecule has 1 fully saturated rings. The Morgan fingerprint density at radius 1 is 0.971 bits per heavy atom. The lowest BCUT2D eigenvalue weighted by Gasteiger charge is -2.25. The Morgan fingerprint density at radius 2 is 1.74 bits per heavy atom. The largest absolute Gasteiger partial charge is 0.484 e. The fourth-order valence-electron chi connectivity index (χ4n) is 3.65. The molecule has 8 heteroatoms. The summed E-state index contributed by atoms with van der Waals surface area (Å²) >= 11 is 9.38. The Hall–Kier alpha value is -3.16. The predicted octanol–water partition coefficient (Wildman–Crippen LogP) is 5.88. The number of anilines is 1. The Bertz CT molecular complexity index is 1240. The molecule has 1 saturated carbocycles. The Balaban J connectivity index is 1.29. The highest BCUT2D eigenvalue weighted by molar-refractivity contribution is 9.10. The van der Waals surface area contributed by atoms with Crippen molar-refractivity contribution in [1.29, 1.82) is 0 Å². The molecule has 0 spiro atoms. The molecule has 0 radical (unpaired) electrons. The third-order valence-corrected chi connectivity index (χ3v) is 6.77. The number of rotatable bonds is 9. The first kappa shape index (κ1) is 24.9. The second kappa shape index (κ2) is 11.5. The van der Waals surface area contributed by atoms with Crippen molar-refractivity contribution in [3.05, 3.63) is 92.9 Å². The molecule has 1 aliphatic rings. The molecule has 35 heavy (non-hydrogen) atoms. The van der Waals surface area contributed by atoms with Gasteiger partial charge in [-0.05, 0) is 79.4 Å². The van der Waals surface area contributed by atoms with Crippen molar-refractivity contribution in [2.24, 2.45) is 5.92 Å². The smallest absolute Gasteiger partial charge is 0.262 e. The number of nitrogens with one attached hydrogen (secondary N) is 2. The summed E-state index contributed by atoms with van der Waals surface area (Å²) in [5.41, 5.74) is 1.94. The average molecular weight is 556 g/mol. The summed E-state index contributed by atoms with van der Waals surface area (Å²) < 4.78 is 6.21. The molecule has 0 heterocycles. The highest BCUT2D eigenvalue weighted by Gasteiger charge is 2.18. The van der Waals surface area contributed by atoms with Gasteiger partial charge < -0.3 is 15.4 Å². The maximum atomic E-state index is 12.7. The molecule has 1 aliphatic carbocycles. The summed E-state index contributed by atoms with van der Waals surface area (Å²) in [7, 11) is 0. The lowest BCUT2D eigenvalue weighted by atomic mass is 9.85. The summed E-state index contributed by atoms with van der Waals surface area (Å²) in [6, 6.07) is 18.4. The van der Waals surface area contributed by atoms with E-state index in [1.54, 1.807) is 66.7 Å². The van der Waals surface area contributed by atoms with Gasteiger partial charge in [0.1, 0.15) is 5.75 Å². The second-order valence-corrected chi connectivity index (χ2v) is 9.69. The van der Waals surface area contributed by atoms with Gasteiger partial charge in [-0.25, -0.2) is 0 Å². The number of carbonyl (C=O) groups excluding carboxylic acids is 3. The molecule has 2 amide bonds. The van der Waals surface area contributed by atoms with Crippen molar-refractivity contribution in [3.8, 4) is 5.75 Å². The van der Waals surface area contributed by atoms with Gasteiger partial charge in [0.2, 0.25) is 0 Å². The second-order valence-electron chi connectivity index (χ2n) is 8.40. The van der Waals surface area contributed by atoms with Crippen LogP contribution in [-0.2, 0) is 4.79 Å². The molecule has 0 bridgehead atoms. The van der Waals surface area contributed by atoms with Crippen LogP contribution in [0.4, 0.5) is 5.69 Å². The van der Waals surface area contributed by atoms with E-state index in [4.69, 9.17) is 16.3 Å². The van der Waals surface area contributed by atoms with Gasteiger partial charge in [0.05, 0.1) is 0 Å². The van der Waals surface area contributed by atoms with Gasteiger partial charge in [0, 0.05) is 38.4 Å². The van der Waals surface area contributed by atoms with Crippen LogP contribution in [0.2, 0.25) is 5.02 Å². The van der Waals surface area contributed by atoms with Crippen molar-refractivity contribution in [2.75, 3.05) is 18.5 Å². The fourth-order valence-corrected chi connectivity index (χ4v) is 4.25. The van der Waals surface area contributed by atoms with Crippen molar-refractivity contribution in [2.45, 2.75) is 19.3 Å². The highest BCUT2D eigenvalue weighted by atomic mass is 79.9. The van der Waals surface area contributed by atoms with Crippen LogP contribution < -0.4 is 15.4 Å². The van der Waals surface area contributed by atoms with Gasteiger partial charge in [0.25, 0.3) is 11.8 Å². The van der Waals surface area contributed by atoms with Gasteiger partial charge in [0.15, 0.2) is 12.4 Å². The van der Waals surface area contributed by atoms with E-state index in [0.29, 0.717) is 50.1 Å². The van der Waals surface area contributed by atoms with Crippen LogP contribution in [0.5, 0.6) is 5.75 Å². The maximum absolute atomic E-state index is 12.7. The summed E-state index contributed by atoms with van der Waals surface area (Å²) in [6.45, 7) is 0.468. The van der Waals surface area contributed by atoms with Gasteiger partial charge in [-0.1, -0.05) is 40.0 Å². The normalized spacial score (nSPS) is 13.0. The van der Waals surface area contributed by atoms with Crippen LogP contribution in [0.15, 0.2) is 71.2 Å². The number of benzene rings is 3. The van der Waals surface area contributed by atoms with Crippen LogP contribution in [0, 0.1) is 5.92 Å². The number of amides is 2. The number of hydrogen-bond donors (Lipinski definition) is 2. The van der Waals surface area contributed by atoms with E-state index in [1.165, 1.54) is 6.42 Å². The van der Waals surface area contributed by atoms with Crippen LogP contribution >= 0.6 is 27.5 Å². The van der Waals surface area contributed by atoms with E-state index in [0.717, 1.165) is 12.8 Å². The molecule has 180 valence electrons. The van der Waals surface area contributed by atoms with E-state index in [-0.39, 0.29) is 24.2 Å². The molecule has 0 aliphatic heterocycles. The summed E-state index contributed by atoms with van der Waals surface area (Å²) in [6.07, 6.45) is 3.55. The SMILES string of the molecule is O=C(COc1ccc(C(=O)c2cc(Cl)ccc2Br)cc1)Nc1cccc(C(=O)NCC2CCC2)c1. The Labute approximate surface area is 217 Å². The molecule has 0 unspecified atom stereocenters. The Morgan fingerprint density at radius 3 is 2.46 bits per heavy atom. The van der Waals surface area contributed by atoms with E-state index in [9.17, 15) is 14.4 Å². The number of carbonyl (C=O) groups is 3. The third-order valence-electron chi connectivity index (χ3n) is 5.84. The number of ether oxygens (including phenoxy) is 1. The minimum absolute atomic E-state index is 0.149. The quantitative estimate of drug-likeness (QED) is 0.323.